The third-order valence-corrected chi connectivity index (χ3v) is 2.25. The molecule has 2 aromatic heterocycles. The Labute approximate surface area is 89.0 Å². The Balaban J connectivity index is 2.49. The summed E-state index contributed by atoms with van der Waals surface area (Å²) in [6.07, 6.45) is 1.74. The van der Waals surface area contributed by atoms with Crippen LogP contribution in [0, 0.1) is 6.92 Å². The van der Waals surface area contributed by atoms with Crippen molar-refractivity contribution in [3.8, 4) is 11.5 Å². The van der Waals surface area contributed by atoms with Crippen LogP contribution in [0.2, 0.25) is 0 Å². The van der Waals surface area contributed by atoms with Crippen LogP contribution in [0.25, 0.3) is 11.5 Å². The zero-order chi connectivity index (χ0) is 10.8. The second-order valence-corrected chi connectivity index (χ2v) is 3.82. The summed E-state index contributed by atoms with van der Waals surface area (Å²) in [6, 6.07) is 6.25. The van der Waals surface area contributed by atoms with Crippen molar-refractivity contribution in [1.82, 2.24) is 19.7 Å². The molecule has 2 aromatic rings. The molecule has 0 bridgehead atoms. The van der Waals surface area contributed by atoms with Crippen molar-refractivity contribution in [2.24, 2.45) is 0 Å². The molecule has 2 rings (SSSR count). The first kappa shape index (κ1) is 9.83. The number of rotatable bonds is 2. The molecule has 0 unspecified atom stereocenters. The highest BCUT2D eigenvalue weighted by molar-refractivity contribution is 5.49. The fraction of sp³-hybridized carbons (Fsp3) is 0.364. The minimum absolute atomic E-state index is 0.345. The van der Waals surface area contributed by atoms with Crippen LogP contribution in [0.3, 0.4) is 0 Å². The van der Waals surface area contributed by atoms with Crippen LogP contribution in [-0.4, -0.2) is 19.7 Å². The average Bonchev–Trinajstić information content (AvgIpc) is 2.65. The van der Waals surface area contributed by atoms with E-state index < -0.39 is 0 Å². The van der Waals surface area contributed by atoms with Crippen molar-refractivity contribution in [1.29, 1.82) is 0 Å². The lowest BCUT2D eigenvalue weighted by Crippen LogP contribution is -2.03. The van der Waals surface area contributed by atoms with Crippen molar-refractivity contribution < 1.29 is 0 Å². The van der Waals surface area contributed by atoms with E-state index in [1.54, 1.807) is 6.33 Å². The predicted octanol–water partition coefficient (Wildman–Crippen LogP) is 2.23. The maximum atomic E-state index is 4.44. The number of aromatic nitrogens is 4. The van der Waals surface area contributed by atoms with Gasteiger partial charge in [0.1, 0.15) is 12.0 Å². The van der Waals surface area contributed by atoms with Gasteiger partial charge >= 0.3 is 0 Å². The molecule has 0 aliphatic rings. The summed E-state index contributed by atoms with van der Waals surface area (Å²) in [5, 5.41) is 8.02. The lowest BCUT2D eigenvalue weighted by molar-refractivity contribution is 0.603. The zero-order valence-corrected chi connectivity index (χ0v) is 9.18. The summed E-state index contributed by atoms with van der Waals surface area (Å²) in [5.41, 5.74) is 1.87. The molecule has 0 saturated carbocycles. The van der Waals surface area contributed by atoms with E-state index in [9.17, 15) is 0 Å². The Hall–Kier alpha value is -1.71. The number of pyridine rings is 1. The predicted molar refractivity (Wildman–Crippen MR) is 58.4 cm³/mol. The molecule has 0 fully saturated rings. The van der Waals surface area contributed by atoms with Crippen molar-refractivity contribution in [3.05, 3.63) is 30.2 Å². The monoisotopic (exact) mass is 202 g/mol. The van der Waals surface area contributed by atoms with Crippen LogP contribution >= 0.6 is 0 Å². The van der Waals surface area contributed by atoms with Gasteiger partial charge in [0.25, 0.3) is 0 Å². The van der Waals surface area contributed by atoms with Gasteiger partial charge in [-0.2, -0.15) is 0 Å². The standard InChI is InChI=1S/C11H14N4/c1-8(2)15-7-12-14-11(15)10-6-4-5-9(3)13-10/h4-8H,1-3H3. The van der Waals surface area contributed by atoms with Crippen molar-refractivity contribution >= 4 is 0 Å². The summed E-state index contributed by atoms with van der Waals surface area (Å²) in [4.78, 5) is 4.44. The summed E-state index contributed by atoms with van der Waals surface area (Å²) >= 11 is 0. The van der Waals surface area contributed by atoms with Gasteiger partial charge in [-0.1, -0.05) is 6.07 Å². The molecule has 4 heteroatoms. The molecule has 0 saturated heterocycles. The van der Waals surface area contributed by atoms with E-state index in [4.69, 9.17) is 0 Å². The minimum atomic E-state index is 0.345. The van der Waals surface area contributed by atoms with E-state index in [1.807, 2.05) is 29.7 Å². The Kier molecular flexibility index (Phi) is 2.49. The van der Waals surface area contributed by atoms with Crippen molar-refractivity contribution in [2.75, 3.05) is 0 Å². The first-order chi connectivity index (χ1) is 7.18. The Bertz CT molecular complexity index is 459. The van der Waals surface area contributed by atoms with E-state index in [0.29, 0.717) is 6.04 Å². The molecular formula is C11H14N4. The fourth-order valence-electron chi connectivity index (χ4n) is 1.47. The van der Waals surface area contributed by atoms with Crippen LogP contribution < -0.4 is 0 Å². The van der Waals surface area contributed by atoms with Crippen molar-refractivity contribution in [3.63, 3.8) is 0 Å². The SMILES string of the molecule is Cc1cccc(-c2nncn2C(C)C)n1. The quantitative estimate of drug-likeness (QED) is 0.750. The third-order valence-electron chi connectivity index (χ3n) is 2.25. The molecule has 2 heterocycles. The van der Waals surface area contributed by atoms with Gasteiger partial charge in [-0.3, -0.25) is 0 Å². The van der Waals surface area contributed by atoms with Gasteiger partial charge in [0, 0.05) is 11.7 Å². The van der Waals surface area contributed by atoms with E-state index in [0.717, 1.165) is 17.2 Å². The fourth-order valence-corrected chi connectivity index (χ4v) is 1.47. The molecule has 0 aliphatic carbocycles. The summed E-state index contributed by atoms with van der Waals surface area (Å²) in [7, 11) is 0. The van der Waals surface area contributed by atoms with Gasteiger partial charge in [0.15, 0.2) is 5.82 Å². The third kappa shape index (κ3) is 1.88. The summed E-state index contributed by atoms with van der Waals surface area (Å²) in [5.74, 6) is 0.828. The highest BCUT2D eigenvalue weighted by Gasteiger charge is 2.10. The highest BCUT2D eigenvalue weighted by atomic mass is 15.3. The van der Waals surface area contributed by atoms with E-state index in [1.165, 1.54) is 0 Å². The molecule has 0 spiro atoms. The van der Waals surface area contributed by atoms with Gasteiger partial charge in [-0.15, -0.1) is 10.2 Å². The molecule has 0 aromatic carbocycles. The van der Waals surface area contributed by atoms with Gasteiger partial charge < -0.3 is 4.57 Å². The lowest BCUT2D eigenvalue weighted by atomic mass is 10.3. The molecule has 0 radical (unpaired) electrons. The van der Waals surface area contributed by atoms with Gasteiger partial charge in [-0.25, -0.2) is 4.98 Å². The van der Waals surface area contributed by atoms with Gasteiger partial charge in [0.2, 0.25) is 0 Å². The summed E-state index contributed by atoms with van der Waals surface area (Å²) in [6.45, 7) is 6.17. The van der Waals surface area contributed by atoms with Crippen LogP contribution in [0.15, 0.2) is 24.5 Å². The number of aryl methyl sites for hydroxylation is 1. The van der Waals surface area contributed by atoms with Gasteiger partial charge in [-0.05, 0) is 32.9 Å². The van der Waals surface area contributed by atoms with Crippen LogP contribution in [0.5, 0.6) is 0 Å². The number of hydrogen-bond donors (Lipinski definition) is 0. The Morgan fingerprint density at radius 2 is 2.07 bits per heavy atom. The molecule has 0 atom stereocenters. The van der Waals surface area contributed by atoms with Crippen LogP contribution in [0.1, 0.15) is 25.6 Å². The number of nitrogens with zero attached hydrogens (tertiary/aromatic N) is 4. The van der Waals surface area contributed by atoms with Crippen LogP contribution in [0.4, 0.5) is 0 Å². The topological polar surface area (TPSA) is 43.6 Å². The second kappa shape index (κ2) is 3.81. The molecule has 0 N–H and O–H groups in total. The smallest absolute Gasteiger partial charge is 0.182 e. The van der Waals surface area contributed by atoms with Crippen molar-refractivity contribution in [2.45, 2.75) is 26.8 Å². The second-order valence-electron chi connectivity index (χ2n) is 3.82. The summed E-state index contributed by atoms with van der Waals surface area (Å²) < 4.78 is 2.02. The zero-order valence-electron chi connectivity index (χ0n) is 9.18. The van der Waals surface area contributed by atoms with E-state index in [-0.39, 0.29) is 0 Å². The first-order valence-electron chi connectivity index (χ1n) is 5.02. The van der Waals surface area contributed by atoms with Gasteiger partial charge in [0.05, 0.1) is 0 Å². The molecule has 78 valence electrons. The maximum Gasteiger partial charge on any atom is 0.182 e. The number of hydrogen-bond acceptors (Lipinski definition) is 3. The largest absolute Gasteiger partial charge is 0.310 e. The maximum absolute atomic E-state index is 4.44. The minimum Gasteiger partial charge on any atom is -0.310 e. The van der Waals surface area contributed by atoms with E-state index >= 15 is 0 Å². The first-order valence-corrected chi connectivity index (χ1v) is 5.02. The highest BCUT2D eigenvalue weighted by Crippen LogP contribution is 2.17. The molecule has 0 amide bonds. The normalized spacial score (nSPS) is 10.9. The lowest BCUT2D eigenvalue weighted by Gasteiger charge is -2.09. The molecule has 0 aliphatic heterocycles. The van der Waals surface area contributed by atoms with Crippen LogP contribution in [-0.2, 0) is 0 Å². The molecular weight excluding hydrogens is 188 g/mol. The Morgan fingerprint density at radius 1 is 1.27 bits per heavy atom. The Morgan fingerprint density at radius 3 is 2.73 bits per heavy atom. The molecule has 15 heavy (non-hydrogen) atoms. The van der Waals surface area contributed by atoms with E-state index in [2.05, 4.69) is 29.0 Å². The average molecular weight is 202 g/mol. The molecule has 4 nitrogen and oxygen atoms in total.